The lowest BCUT2D eigenvalue weighted by Crippen LogP contribution is -2.20. The summed E-state index contributed by atoms with van der Waals surface area (Å²) in [5, 5.41) is 19.1. The van der Waals surface area contributed by atoms with Crippen LogP contribution < -0.4 is 5.32 Å². The molecular weight excluding hydrogens is 268 g/mol. The molecule has 0 amide bonds. The molecule has 2 saturated carbocycles. The fourth-order valence-electron chi connectivity index (χ4n) is 3.35. The van der Waals surface area contributed by atoms with E-state index in [9.17, 15) is 10.1 Å². The van der Waals surface area contributed by atoms with Crippen molar-refractivity contribution in [1.29, 1.82) is 0 Å². The first-order valence-corrected chi connectivity index (χ1v) is 8.06. The molecule has 0 bridgehead atoms. The van der Waals surface area contributed by atoms with Gasteiger partial charge in [0.15, 0.2) is 0 Å². The highest BCUT2D eigenvalue weighted by Crippen LogP contribution is 2.49. The molecule has 1 N–H and O–H groups in total. The van der Waals surface area contributed by atoms with Crippen molar-refractivity contribution in [2.75, 3.05) is 11.9 Å². The van der Waals surface area contributed by atoms with E-state index in [1.807, 2.05) is 6.92 Å². The number of nitrogens with zero attached hydrogens (tertiary/aromatic N) is 3. The number of aromatic nitrogens is 2. The van der Waals surface area contributed by atoms with Crippen molar-refractivity contribution >= 4 is 11.5 Å². The SMILES string of the molecule is CCCc1nn(C)c(NCC(C2CC2)C2CC2)c1[N+](=O)[O-]. The number of nitrogens with one attached hydrogen (secondary N) is 1. The number of nitro groups is 1. The topological polar surface area (TPSA) is 73.0 Å². The van der Waals surface area contributed by atoms with Crippen molar-refractivity contribution in [2.45, 2.75) is 45.4 Å². The number of rotatable bonds is 8. The smallest absolute Gasteiger partial charge is 0.333 e. The van der Waals surface area contributed by atoms with Crippen LogP contribution in [-0.4, -0.2) is 21.2 Å². The zero-order valence-corrected chi connectivity index (χ0v) is 12.8. The van der Waals surface area contributed by atoms with Gasteiger partial charge in [0.2, 0.25) is 5.82 Å². The molecule has 6 nitrogen and oxygen atoms in total. The fourth-order valence-corrected chi connectivity index (χ4v) is 3.35. The van der Waals surface area contributed by atoms with E-state index in [2.05, 4.69) is 10.4 Å². The summed E-state index contributed by atoms with van der Waals surface area (Å²) >= 11 is 0. The molecule has 2 fully saturated rings. The molecular formula is C15H24N4O2. The number of anilines is 1. The molecule has 116 valence electrons. The Balaban J connectivity index is 1.75. The maximum Gasteiger partial charge on any atom is 0.333 e. The van der Waals surface area contributed by atoms with Gasteiger partial charge < -0.3 is 5.32 Å². The van der Waals surface area contributed by atoms with Crippen LogP contribution in [-0.2, 0) is 13.5 Å². The molecule has 0 aliphatic heterocycles. The standard InChI is InChI=1S/C15H24N4O2/c1-3-4-13-14(19(20)21)15(18(2)17-13)16-9-12(10-5-6-10)11-7-8-11/h10-12,16H,3-9H2,1-2H3. The minimum absolute atomic E-state index is 0.171. The van der Waals surface area contributed by atoms with E-state index in [1.165, 1.54) is 25.7 Å². The molecule has 1 aromatic heterocycles. The number of aryl methyl sites for hydroxylation is 2. The van der Waals surface area contributed by atoms with Crippen molar-refractivity contribution in [2.24, 2.45) is 24.8 Å². The summed E-state index contributed by atoms with van der Waals surface area (Å²) in [5.41, 5.74) is 0.770. The number of hydrogen-bond donors (Lipinski definition) is 1. The van der Waals surface area contributed by atoms with Crippen molar-refractivity contribution in [3.05, 3.63) is 15.8 Å². The highest BCUT2D eigenvalue weighted by molar-refractivity contribution is 5.59. The fraction of sp³-hybridized carbons (Fsp3) is 0.800. The quantitative estimate of drug-likeness (QED) is 0.590. The van der Waals surface area contributed by atoms with Gasteiger partial charge in [0.05, 0.1) is 4.92 Å². The van der Waals surface area contributed by atoms with Gasteiger partial charge in [-0.15, -0.1) is 0 Å². The van der Waals surface area contributed by atoms with Crippen LogP contribution in [0.1, 0.15) is 44.7 Å². The van der Waals surface area contributed by atoms with Crippen LogP contribution in [0, 0.1) is 27.9 Å². The van der Waals surface area contributed by atoms with Crippen LogP contribution in [0.4, 0.5) is 11.5 Å². The van der Waals surface area contributed by atoms with E-state index in [-0.39, 0.29) is 10.6 Å². The zero-order chi connectivity index (χ0) is 15.0. The molecule has 2 aliphatic rings. The van der Waals surface area contributed by atoms with Crippen molar-refractivity contribution in [3.63, 3.8) is 0 Å². The van der Waals surface area contributed by atoms with Crippen molar-refractivity contribution in [1.82, 2.24) is 9.78 Å². The van der Waals surface area contributed by atoms with E-state index in [0.29, 0.717) is 23.9 Å². The summed E-state index contributed by atoms with van der Waals surface area (Å²) in [4.78, 5) is 11.1. The molecule has 3 rings (SSSR count). The van der Waals surface area contributed by atoms with Crippen LogP contribution in [0.3, 0.4) is 0 Å². The molecule has 0 saturated heterocycles. The molecule has 2 aliphatic carbocycles. The molecule has 6 heteroatoms. The third-order valence-corrected chi connectivity index (χ3v) is 4.72. The second-order valence-corrected chi connectivity index (χ2v) is 6.49. The Labute approximate surface area is 125 Å². The van der Waals surface area contributed by atoms with E-state index >= 15 is 0 Å². The van der Waals surface area contributed by atoms with Gasteiger partial charge in [-0.05, 0) is 49.9 Å². The highest BCUT2D eigenvalue weighted by atomic mass is 16.6. The van der Waals surface area contributed by atoms with Gasteiger partial charge in [-0.25, -0.2) is 4.68 Å². The van der Waals surface area contributed by atoms with Gasteiger partial charge in [0.25, 0.3) is 0 Å². The van der Waals surface area contributed by atoms with Crippen molar-refractivity contribution in [3.8, 4) is 0 Å². The predicted molar refractivity (Wildman–Crippen MR) is 81.3 cm³/mol. The summed E-state index contributed by atoms with van der Waals surface area (Å²) in [7, 11) is 1.79. The van der Waals surface area contributed by atoms with E-state index < -0.39 is 0 Å². The maximum atomic E-state index is 11.4. The van der Waals surface area contributed by atoms with Gasteiger partial charge in [0.1, 0.15) is 5.69 Å². The molecule has 21 heavy (non-hydrogen) atoms. The maximum absolute atomic E-state index is 11.4. The van der Waals surface area contributed by atoms with Gasteiger partial charge >= 0.3 is 5.69 Å². The predicted octanol–water partition coefficient (Wildman–Crippen LogP) is 3.13. The average Bonchev–Trinajstić information content (AvgIpc) is 3.31. The Bertz CT molecular complexity index is 520. The Kier molecular flexibility index (Phi) is 3.87. The minimum Gasteiger partial charge on any atom is -0.364 e. The van der Waals surface area contributed by atoms with Crippen LogP contribution in [0.2, 0.25) is 0 Å². The molecule has 0 spiro atoms. The van der Waals surface area contributed by atoms with E-state index in [1.54, 1.807) is 11.7 Å². The molecule has 1 aromatic rings. The summed E-state index contributed by atoms with van der Waals surface area (Å²) in [5.74, 6) is 2.95. The first-order valence-electron chi connectivity index (χ1n) is 8.06. The van der Waals surface area contributed by atoms with Crippen LogP contribution >= 0.6 is 0 Å². The zero-order valence-electron chi connectivity index (χ0n) is 12.8. The summed E-state index contributed by atoms with van der Waals surface area (Å²) in [6.07, 6.45) is 6.84. The largest absolute Gasteiger partial charge is 0.364 e. The highest BCUT2D eigenvalue weighted by Gasteiger charge is 2.41. The van der Waals surface area contributed by atoms with Crippen LogP contribution in [0.15, 0.2) is 0 Å². The normalized spacial score (nSPS) is 18.2. The Morgan fingerprint density at radius 2 is 2.00 bits per heavy atom. The molecule has 1 heterocycles. The first-order chi connectivity index (χ1) is 10.1. The van der Waals surface area contributed by atoms with Gasteiger partial charge in [0, 0.05) is 13.6 Å². The lowest BCUT2D eigenvalue weighted by molar-refractivity contribution is -0.384. The molecule has 0 atom stereocenters. The van der Waals surface area contributed by atoms with E-state index in [0.717, 1.165) is 24.8 Å². The Hall–Kier alpha value is -1.59. The Morgan fingerprint density at radius 3 is 2.48 bits per heavy atom. The van der Waals surface area contributed by atoms with Crippen LogP contribution in [0.25, 0.3) is 0 Å². The second-order valence-electron chi connectivity index (χ2n) is 6.49. The average molecular weight is 292 g/mol. The van der Waals surface area contributed by atoms with Gasteiger partial charge in [-0.1, -0.05) is 13.3 Å². The summed E-state index contributed by atoms with van der Waals surface area (Å²) in [6, 6.07) is 0. The lowest BCUT2D eigenvalue weighted by Gasteiger charge is -2.16. The second kappa shape index (κ2) is 5.66. The lowest BCUT2D eigenvalue weighted by atomic mass is 9.98. The number of hydrogen-bond acceptors (Lipinski definition) is 4. The third-order valence-electron chi connectivity index (χ3n) is 4.72. The summed E-state index contributed by atoms with van der Waals surface area (Å²) < 4.78 is 1.64. The first kappa shape index (κ1) is 14.4. The van der Waals surface area contributed by atoms with Gasteiger partial charge in [-0.3, -0.25) is 10.1 Å². The van der Waals surface area contributed by atoms with Crippen molar-refractivity contribution < 1.29 is 4.92 Å². The minimum atomic E-state index is -0.288. The van der Waals surface area contributed by atoms with Gasteiger partial charge in [-0.2, -0.15) is 5.10 Å². The molecule has 0 aromatic carbocycles. The molecule has 0 radical (unpaired) electrons. The van der Waals surface area contributed by atoms with E-state index in [4.69, 9.17) is 0 Å². The monoisotopic (exact) mass is 292 g/mol. The van der Waals surface area contributed by atoms with Crippen LogP contribution in [0.5, 0.6) is 0 Å². The Morgan fingerprint density at radius 1 is 1.38 bits per heavy atom. The third kappa shape index (κ3) is 3.04. The summed E-state index contributed by atoms with van der Waals surface area (Å²) in [6.45, 7) is 2.86. The molecule has 0 unspecified atom stereocenters.